The zero-order valence-electron chi connectivity index (χ0n) is 15.2. The SMILES string of the molecule is CCN(CC(=O)NCc1ccc(OC)cc1)Cc1ccc2c(c1)OCO2. The minimum Gasteiger partial charge on any atom is -0.497 e. The Morgan fingerprint density at radius 2 is 1.85 bits per heavy atom. The minimum absolute atomic E-state index is 0.00316. The monoisotopic (exact) mass is 356 g/mol. The van der Waals surface area contributed by atoms with E-state index < -0.39 is 0 Å². The highest BCUT2D eigenvalue weighted by Gasteiger charge is 2.15. The summed E-state index contributed by atoms with van der Waals surface area (Å²) in [5, 5.41) is 2.96. The number of carbonyl (C=O) groups excluding carboxylic acids is 1. The predicted octanol–water partition coefficient (Wildman–Crippen LogP) is 2.56. The van der Waals surface area contributed by atoms with Crippen molar-refractivity contribution >= 4 is 5.91 Å². The normalized spacial score (nSPS) is 12.3. The number of fused-ring (bicyclic) bond motifs is 1. The van der Waals surface area contributed by atoms with Gasteiger partial charge in [-0.05, 0) is 41.9 Å². The zero-order valence-corrected chi connectivity index (χ0v) is 15.2. The Labute approximate surface area is 153 Å². The zero-order chi connectivity index (χ0) is 18.4. The molecule has 0 radical (unpaired) electrons. The molecule has 3 rings (SSSR count). The second kappa shape index (κ2) is 8.58. The first-order valence-electron chi connectivity index (χ1n) is 8.68. The molecule has 1 aliphatic heterocycles. The first-order chi connectivity index (χ1) is 12.7. The van der Waals surface area contributed by atoms with Crippen molar-refractivity contribution < 1.29 is 19.0 Å². The van der Waals surface area contributed by atoms with Crippen LogP contribution in [-0.2, 0) is 17.9 Å². The van der Waals surface area contributed by atoms with Crippen LogP contribution >= 0.6 is 0 Å². The molecule has 1 heterocycles. The van der Waals surface area contributed by atoms with E-state index in [0.717, 1.165) is 34.9 Å². The van der Waals surface area contributed by atoms with E-state index in [4.69, 9.17) is 14.2 Å². The third-order valence-electron chi connectivity index (χ3n) is 4.31. The number of amides is 1. The molecule has 6 nitrogen and oxygen atoms in total. The van der Waals surface area contributed by atoms with E-state index in [-0.39, 0.29) is 12.7 Å². The number of nitrogens with zero attached hydrogens (tertiary/aromatic N) is 1. The quantitative estimate of drug-likeness (QED) is 0.788. The molecule has 1 amide bonds. The van der Waals surface area contributed by atoms with Gasteiger partial charge in [-0.3, -0.25) is 9.69 Å². The van der Waals surface area contributed by atoms with Crippen LogP contribution in [0.15, 0.2) is 42.5 Å². The van der Waals surface area contributed by atoms with Crippen molar-refractivity contribution in [1.82, 2.24) is 10.2 Å². The van der Waals surface area contributed by atoms with Crippen molar-refractivity contribution in [1.29, 1.82) is 0 Å². The molecule has 0 saturated heterocycles. The second-order valence-corrected chi connectivity index (χ2v) is 6.12. The van der Waals surface area contributed by atoms with Gasteiger partial charge in [0.1, 0.15) is 5.75 Å². The van der Waals surface area contributed by atoms with Crippen LogP contribution in [0.4, 0.5) is 0 Å². The molecule has 0 aromatic heterocycles. The smallest absolute Gasteiger partial charge is 0.234 e. The molecule has 1 N–H and O–H groups in total. The lowest BCUT2D eigenvalue weighted by molar-refractivity contribution is -0.122. The first kappa shape index (κ1) is 18.1. The van der Waals surface area contributed by atoms with E-state index in [2.05, 4.69) is 10.2 Å². The van der Waals surface area contributed by atoms with Gasteiger partial charge in [0.15, 0.2) is 11.5 Å². The summed E-state index contributed by atoms with van der Waals surface area (Å²) >= 11 is 0. The molecule has 6 heteroatoms. The van der Waals surface area contributed by atoms with Crippen LogP contribution in [0.2, 0.25) is 0 Å². The largest absolute Gasteiger partial charge is 0.497 e. The number of hydrogen-bond acceptors (Lipinski definition) is 5. The molecule has 0 spiro atoms. The number of ether oxygens (including phenoxy) is 3. The Bertz CT molecular complexity index is 746. The van der Waals surface area contributed by atoms with E-state index in [9.17, 15) is 4.79 Å². The molecular formula is C20H24N2O4. The number of benzene rings is 2. The van der Waals surface area contributed by atoms with E-state index in [0.29, 0.717) is 19.6 Å². The molecule has 1 aliphatic rings. The minimum atomic E-state index is 0.00316. The molecule has 2 aromatic carbocycles. The van der Waals surface area contributed by atoms with E-state index in [1.54, 1.807) is 7.11 Å². The highest BCUT2D eigenvalue weighted by Crippen LogP contribution is 2.32. The van der Waals surface area contributed by atoms with Gasteiger partial charge in [0.2, 0.25) is 12.7 Å². The summed E-state index contributed by atoms with van der Waals surface area (Å²) in [6.07, 6.45) is 0. The van der Waals surface area contributed by atoms with Crippen LogP contribution in [0.1, 0.15) is 18.1 Å². The topological polar surface area (TPSA) is 60.0 Å². The standard InChI is InChI=1S/C20H24N2O4/c1-3-22(12-16-6-9-18-19(10-16)26-14-25-18)13-20(23)21-11-15-4-7-17(24-2)8-5-15/h4-10H,3,11-14H2,1-2H3,(H,21,23). The van der Waals surface area contributed by atoms with Crippen molar-refractivity contribution in [2.24, 2.45) is 0 Å². The van der Waals surface area contributed by atoms with Gasteiger partial charge in [0.05, 0.1) is 13.7 Å². The molecule has 0 atom stereocenters. The van der Waals surface area contributed by atoms with E-state index in [1.165, 1.54) is 0 Å². The maximum absolute atomic E-state index is 12.3. The molecule has 0 bridgehead atoms. The second-order valence-electron chi connectivity index (χ2n) is 6.12. The van der Waals surface area contributed by atoms with Gasteiger partial charge < -0.3 is 19.5 Å². The van der Waals surface area contributed by atoms with Crippen LogP contribution in [0.5, 0.6) is 17.2 Å². The molecule has 2 aromatic rings. The lowest BCUT2D eigenvalue weighted by atomic mass is 10.2. The lowest BCUT2D eigenvalue weighted by Crippen LogP contribution is -2.36. The van der Waals surface area contributed by atoms with Crippen LogP contribution in [0.3, 0.4) is 0 Å². The van der Waals surface area contributed by atoms with E-state index in [1.807, 2.05) is 49.4 Å². The summed E-state index contributed by atoms with van der Waals surface area (Å²) in [6.45, 7) is 4.63. The van der Waals surface area contributed by atoms with Crippen molar-refractivity contribution in [2.45, 2.75) is 20.0 Å². The van der Waals surface area contributed by atoms with Crippen molar-refractivity contribution in [2.75, 3.05) is 27.0 Å². The third-order valence-corrected chi connectivity index (χ3v) is 4.31. The van der Waals surface area contributed by atoms with Gasteiger partial charge in [-0.1, -0.05) is 25.1 Å². The molecular weight excluding hydrogens is 332 g/mol. The third kappa shape index (κ3) is 4.67. The Kier molecular flexibility index (Phi) is 5.96. The highest BCUT2D eigenvalue weighted by molar-refractivity contribution is 5.78. The van der Waals surface area contributed by atoms with Crippen LogP contribution in [0.25, 0.3) is 0 Å². The molecule has 0 unspecified atom stereocenters. The lowest BCUT2D eigenvalue weighted by Gasteiger charge is -2.20. The number of rotatable bonds is 8. The highest BCUT2D eigenvalue weighted by atomic mass is 16.7. The number of carbonyl (C=O) groups is 1. The summed E-state index contributed by atoms with van der Waals surface area (Å²) in [6, 6.07) is 13.6. The van der Waals surface area contributed by atoms with Gasteiger partial charge in [-0.25, -0.2) is 0 Å². The van der Waals surface area contributed by atoms with Crippen molar-refractivity contribution in [3.63, 3.8) is 0 Å². The Balaban J connectivity index is 1.49. The van der Waals surface area contributed by atoms with Crippen LogP contribution < -0.4 is 19.5 Å². The van der Waals surface area contributed by atoms with Crippen molar-refractivity contribution in [3.8, 4) is 17.2 Å². The maximum Gasteiger partial charge on any atom is 0.234 e. The van der Waals surface area contributed by atoms with Gasteiger partial charge in [-0.15, -0.1) is 0 Å². The van der Waals surface area contributed by atoms with Gasteiger partial charge >= 0.3 is 0 Å². The molecule has 138 valence electrons. The summed E-state index contributed by atoms with van der Waals surface area (Å²) in [5.41, 5.74) is 2.14. The summed E-state index contributed by atoms with van der Waals surface area (Å²) in [5.74, 6) is 2.35. The maximum atomic E-state index is 12.3. The first-order valence-corrected chi connectivity index (χ1v) is 8.68. The number of nitrogens with one attached hydrogen (secondary N) is 1. The molecule has 0 saturated carbocycles. The van der Waals surface area contributed by atoms with Crippen molar-refractivity contribution in [3.05, 3.63) is 53.6 Å². The fourth-order valence-electron chi connectivity index (χ4n) is 2.78. The fourth-order valence-corrected chi connectivity index (χ4v) is 2.78. The van der Waals surface area contributed by atoms with Crippen LogP contribution in [-0.4, -0.2) is 37.8 Å². The number of hydrogen-bond donors (Lipinski definition) is 1. The Hall–Kier alpha value is -2.73. The summed E-state index contributed by atoms with van der Waals surface area (Å²) in [7, 11) is 1.64. The number of methoxy groups -OCH3 is 1. The molecule has 0 aliphatic carbocycles. The van der Waals surface area contributed by atoms with Crippen LogP contribution in [0, 0.1) is 0 Å². The van der Waals surface area contributed by atoms with Gasteiger partial charge in [-0.2, -0.15) is 0 Å². The Morgan fingerprint density at radius 1 is 1.12 bits per heavy atom. The summed E-state index contributed by atoms with van der Waals surface area (Å²) < 4.78 is 15.9. The molecule has 0 fully saturated rings. The van der Waals surface area contributed by atoms with Gasteiger partial charge in [0, 0.05) is 13.1 Å². The predicted molar refractivity (Wildman–Crippen MR) is 98.4 cm³/mol. The summed E-state index contributed by atoms with van der Waals surface area (Å²) in [4.78, 5) is 14.3. The Morgan fingerprint density at radius 3 is 2.58 bits per heavy atom. The van der Waals surface area contributed by atoms with Gasteiger partial charge in [0.25, 0.3) is 0 Å². The average Bonchev–Trinajstić information content (AvgIpc) is 3.14. The average molecular weight is 356 g/mol. The fraction of sp³-hybridized carbons (Fsp3) is 0.350. The molecule has 26 heavy (non-hydrogen) atoms. The van der Waals surface area contributed by atoms with E-state index >= 15 is 0 Å². The number of likely N-dealkylation sites (N-methyl/N-ethyl adjacent to an activating group) is 1.